The van der Waals surface area contributed by atoms with E-state index in [1.54, 1.807) is 0 Å². The molecular weight excluding hydrogens is 755 g/mol. The van der Waals surface area contributed by atoms with Gasteiger partial charge < -0.3 is 4.57 Å². The van der Waals surface area contributed by atoms with Gasteiger partial charge in [0.15, 0.2) is 11.6 Å². The summed E-state index contributed by atoms with van der Waals surface area (Å²) in [5, 5.41) is 7.32. The molecule has 5 nitrogen and oxygen atoms in total. The van der Waals surface area contributed by atoms with Crippen molar-refractivity contribution in [1.29, 1.82) is 0 Å². The van der Waals surface area contributed by atoms with Gasteiger partial charge >= 0.3 is 0 Å². The van der Waals surface area contributed by atoms with Crippen LogP contribution in [-0.2, 0) is 10.8 Å². The van der Waals surface area contributed by atoms with Gasteiger partial charge in [-0.2, -0.15) is 9.97 Å². The highest BCUT2D eigenvalue weighted by molar-refractivity contribution is 6.26. The van der Waals surface area contributed by atoms with Crippen LogP contribution in [0.3, 0.4) is 0 Å². The van der Waals surface area contributed by atoms with Crippen LogP contribution in [-0.4, -0.2) is 24.1 Å². The number of aromatic nitrogens is 5. The van der Waals surface area contributed by atoms with E-state index in [2.05, 4.69) is 195 Å². The number of rotatable bonds is 5. The summed E-state index contributed by atoms with van der Waals surface area (Å²) in [5.74, 6) is 1.87. The van der Waals surface area contributed by atoms with E-state index in [1.165, 1.54) is 60.0 Å². The molecule has 0 amide bonds. The summed E-state index contributed by atoms with van der Waals surface area (Å²) in [6.45, 7) is 9.64. The molecule has 0 saturated carbocycles. The van der Waals surface area contributed by atoms with Gasteiger partial charge in [-0.1, -0.05) is 167 Å². The lowest BCUT2D eigenvalue weighted by Gasteiger charge is -2.42. The molecule has 0 bridgehead atoms. The fourth-order valence-electron chi connectivity index (χ4n) is 10.3. The summed E-state index contributed by atoms with van der Waals surface area (Å²) < 4.78 is 4.77. The van der Waals surface area contributed by atoms with Crippen LogP contribution in [0.15, 0.2) is 176 Å². The van der Waals surface area contributed by atoms with E-state index in [9.17, 15) is 0 Å². The Labute approximate surface area is 361 Å². The Morgan fingerprint density at radius 1 is 0.419 bits per heavy atom. The Morgan fingerprint density at radius 3 is 1.76 bits per heavy atom. The molecule has 3 aromatic heterocycles. The zero-order chi connectivity index (χ0) is 41.7. The first kappa shape index (κ1) is 36.5. The summed E-state index contributed by atoms with van der Waals surface area (Å²) in [6, 6.07) is 63.2. The smallest absolute Gasteiger partial charge is 0.238 e. The molecule has 298 valence electrons. The lowest BCUT2D eigenvalue weighted by molar-refractivity contribution is 0.332. The largest absolute Gasteiger partial charge is 0.309 e. The van der Waals surface area contributed by atoms with Crippen LogP contribution in [0.1, 0.15) is 51.7 Å². The van der Waals surface area contributed by atoms with E-state index in [4.69, 9.17) is 15.0 Å². The van der Waals surface area contributed by atoms with Crippen molar-refractivity contribution in [3.63, 3.8) is 0 Å². The SMILES string of the molecule is CC1(C)CCC(C)(C)c2cc3c(cc21)c1c(ccc2c4ccccc4n(-c4ccccc4)c21)n3-c1nc(-c2ccccc2)nc(-c2ccc(-c3cccc4ccccc34)cc2)n1. The minimum atomic E-state index is -0.000129. The molecule has 0 aliphatic heterocycles. The zero-order valence-electron chi connectivity index (χ0n) is 35.4. The molecule has 8 aromatic carbocycles. The Bertz CT molecular complexity index is 3550. The van der Waals surface area contributed by atoms with Crippen molar-refractivity contribution in [1.82, 2.24) is 24.1 Å². The van der Waals surface area contributed by atoms with Gasteiger partial charge in [0, 0.05) is 38.4 Å². The molecule has 0 unspecified atom stereocenters. The maximum absolute atomic E-state index is 5.44. The van der Waals surface area contributed by atoms with Crippen LogP contribution in [0.2, 0.25) is 0 Å². The van der Waals surface area contributed by atoms with Crippen molar-refractivity contribution in [2.75, 3.05) is 0 Å². The third kappa shape index (κ3) is 5.58. The van der Waals surface area contributed by atoms with Gasteiger partial charge in [0.2, 0.25) is 5.95 Å². The standard InChI is InChI=1S/C57H45N5/c1-56(2)32-33-57(3,4)47-35-50-45(34-46(47)56)51-49(31-30-44-43-23-13-14-25-48(43)61(52(44)51)40-20-9-6-10-21-40)62(50)55-59-53(38-17-7-5-8-18-38)58-54(60-55)39-28-26-37(27-29-39)42-24-15-19-36-16-11-12-22-41(36)42/h5-31,34-35H,32-33H2,1-4H3. The number of hydrogen-bond acceptors (Lipinski definition) is 3. The van der Waals surface area contributed by atoms with E-state index >= 15 is 0 Å². The number of hydrogen-bond donors (Lipinski definition) is 0. The fourth-order valence-corrected chi connectivity index (χ4v) is 10.3. The van der Waals surface area contributed by atoms with Gasteiger partial charge in [-0.15, -0.1) is 0 Å². The van der Waals surface area contributed by atoms with Crippen LogP contribution in [0.25, 0.3) is 99.9 Å². The summed E-state index contributed by atoms with van der Waals surface area (Å²) in [7, 11) is 0. The van der Waals surface area contributed by atoms with Crippen molar-refractivity contribution >= 4 is 54.4 Å². The van der Waals surface area contributed by atoms with Gasteiger partial charge in [0.25, 0.3) is 0 Å². The highest BCUT2D eigenvalue weighted by Crippen LogP contribution is 2.50. The maximum Gasteiger partial charge on any atom is 0.238 e. The highest BCUT2D eigenvalue weighted by atomic mass is 15.2. The first-order valence-electron chi connectivity index (χ1n) is 21.7. The van der Waals surface area contributed by atoms with Crippen LogP contribution in [0, 0.1) is 0 Å². The molecule has 0 fully saturated rings. The van der Waals surface area contributed by atoms with Gasteiger partial charge in [-0.05, 0) is 93.1 Å². The number of para-hydroxylation sites is 2. The lowest BCUT2D eigenvalue weighted by Crippen LogP contribution is -2.33. The van der Waals surface area contributed by atoms with Gasteiger partial charge in [-0.25, -0.2) is 4.98 Å². The third-order valence-corrected chi connectivity index (χ3v) is 13.6. The molecule has 0 N–H and O–H groups in total. The van der Waals surface area contributed by atoms with Crippen molar-refractivity contribution in [3.8, 4) is 45.5 Å². The molecule has 0 spiro atoms. The molecule has 0 radical (unpaired) electrons. The minimum absolute atomic E-state index is 0.000129. The first-order chi connectivity index (χ1) is 30.2. The molecule has 62 heavy (non-hydrogen) atoms. The maximum atomic E-state index is 5.44. The molecular formula is C57H45N5. The Morgan fingerprint density at radius 2 is 1.02 bits per heavy atom. The summed E-state index contributed by atoms with van der Waals surface area (Å²) in [4.78, 5) is 16.0. The van der Waals surface area contributed by atoms with Crippen molar-refractivity contribution in [2.24, 2.45) is 0 Å². The summed E-state index contributed by atoms with van der Waals surface area (Å²) in [5.41, 5.74) is 12.7. The molecule has 5 heteroatoms. The average Bonchev–Trinajstić information content (AvgIpc) is 3.83. The van der Waals surface area contributed by atoms with Crippen LogP contribution in [0.5, 0.6) is 0 Å². The molecule has 0 atom stereocenters. The molecule has 1 aliphatic rings. The van der Waals surface area contributed by atoms with Gasteiger partial charge in [0.05, 0.1) is 22.1 Å². The van der Waals surface area contributed by atoms with Crippen LogP contribution in [0.4, 0.5) is 0 Å². The molecule has 11 aromatic rings. The second-order valence-corrected chi connectivity index (χ2v) is 18.3. The minimum Gasteiger partial charge on any atom is -0.309 e. The zero-order valence-corrected chi connectivity index (χ0v) is 35.4. The number of nitrogens with zero attached hydrogens (tertiary/aromatic N) is 5. The predicted octanol–water partition coefficient (Wildman–Crippen LogP) is 14.6. The number of benzene rings is 8. The normalized spacial score (nSPS) is 14.6. The Balaban J connectivity index is 1.17. The van der Waals surface area contributed by atoms with Gasteiger partial charge in [-0.3, -0.25) is 4.57 Å². The van der Waals surface area contributed by atoms with Crippen molar-refractivity contribution in [2.45, 2.75) is 51.4 Å². The molecule has 12 rings (SSSR count). The van der Waals surface area contributed by atoms with E-state index in [0.717, 1.165) is 46.3 Å². The molecule has 3 heterocycles. The van der Waals surface area contributed by atoms with E-state index in [1.807, 2.05) is 18.2 Å². The quantitative estimate of drug-likeness (QED) is 0.174. The Kier molecular flexibility index (Phi) is 7.98. The van der Waals surface area contributed by atoms with Crippen molar-refractivity contribution in [3.05, 3.63) is 187 Å². The van der Waals surface area contributed by atoms with Crippen LogP contribution >= 0.6 is 0 Å². The van der Waals surface area contributed by atoms with Gasteiger partial charge in [0.1, 0.15) is 0 Å². The summed E-state index contributed by atoms with van der Waals surface area (Å²) >= 11 is 0. The van der Waals surface area contributed by atoms with Crippen molar-refractivity contribution < 1.29 is 0 Å². The predicted molar refractivity (Wildman–Crippen MR) is 258 cm³/mol. The van der Waals surface area contributed by atoms with E-state index in [-0.39, 0.29) is 10.8 Å². The lowest BCUT2D eigenvalue weighted by atomic mass is 9.63. The number of fused-ring (bicyclic) bond motifs is 9. The molecule has 0 saturated heterocycles. The Hall–Kier alpha value is -7.37. The fraction of sp³-hybridized carbons (Fsp3) is 0.140. The highest BCUT2D eigenvalue weighted by Gasteiger charge is 2.38. The molecule has 1 aliphatic carbocycles. The second kappa shape index (κ2) is 13.6. The third-order valence-electron chi connectivity index (χ3n) is 13.6. The van der Waals surface area contributed by atoms with E-state index < -0.39 is 0 Å². The first-order valence-corrected chi connectivity index (χ1v) is 21.7. The van der Waals surface area contributed by atoms with Crippen LogP contribution < -0.4 is 0 Å². The average molecular weight is 800 g/mol. The second-order valence-electron chi connectivity index (χ2n) is 18.3. The van der Waals surface area contributed by atoms with E-state index in [0.29, 0.717) is 17.6 Å². The topological polar surface area (TPSA) is 48.5 Å². The monoisotopic (exact) mass is 799 g/mol. The summed E-state index contributed by atoms with van der Waals surface area (Å²) in [6.07, 6.45) is 2.25.